The number of nitrogens with zero attached hydrogens (tertiary/aromatic N) is 1. The quantitative estimate of drug-likeness (QED) is 0.715. The van der Waals surface area contributed by atoms with Crippen LogP contribution in [0, 0.1) is 11.7 Å². The van der Waals surface area contributed by atoms with Crippen LogP contribution in [-0.2, 0) is 32.3 Å². The molecular weight excluding hydrogens is 389 g/mol. The van der Waals surface area contributed by atoms with Gasteiger partial charge in [0.15, 0.2) is 0 Å². The van der Waals surface area contributed by atoms with Gasteiger partial charge in [0.05, 0.1) is 12.5 Å². The van der Waals surface area contributed by atoms with Crippen LogP contribution in [0.15, 0.2) is 42.5 Å². The molecule has 2 aromatic carbocycles. The first kappa shape index (κ1) is 20.3. The molecule has 2 heterocycles. The van der Waals surface area contributed by atoms with Crippen molar-refractivity contribution in [2.45, 2.75) is 39.3 Å². The van der Waals surface area contributed by atoms with Crippen molar-refractivity contribution in [1.29, 1.82) is 0 Å². The second-order valence-electron chi connectivity index (χ2n) is 7.61. The summed E-state index contributed by atoms with van der Waals surface area (Å²) in [6.07, 6.45) is 0.537. The van der Waals surface area contributed by atoms with Crippen molar-refractivity contribution >= 4 is 11.9 Å². The number of hydrogen-bond donors (Lipinski definition) is 0. The van der Waals surface area contributed by atoms with Gasteiger partial charge in [0, 0.05) is 36.7 Å². The van der Waals surface area contributed by atoms with Crippen LogP contribution in [0.25, 0.3) is 0 Å². The maximum Gasteiger partial charge on any atom is 0.309 e. The molecule has 2 aromatic rings. The molecular formula is C23H24FNO5. The molecule has 0 N–H and O–H groups in total. The zero-order valence-electron chi connectivity index (χ0n) is 16.8. The van der Waals surface area contributed by atoms with Gasteiger partial charge < -0.3 is 19.1 Å². The van der Waals surface area contributed by atoms with Gasteiger partial charge in [-0.15, -0.1) is 0 Å². The fraction of sp³-hybridized carbons (Fsp3) is 0.391. The number of fused-ring (bicyclic) bond motifs is 1. The first-order valence-corrected chi connectivity index (χ1v) is 10.1. The molecule has 0 aliphatic carbocycles. The Bertz CT molecular complexity index is 925. The third kappa shape index (κ3) is 4.46. The molecule has 1 amide bonds. The molecule has 6 nitrogen and oxygen atoms in total. The van der Waals surface area contributed by atoms with E-state index >= 15 is 0 Å². The molecule has 1 saturated heterocycles. The van der Waals surface area contributed by atoms with Crippen molar-refractivity contribution in [2.75, 3.05) is 13.1 Å². The number of ether oxygens (including phenoxy) is 3. The van der Waals surface area contributed by atoms with Crippen molar-refractivity contribution < 1.29 is 28.2 Å². The maximum atomic E-state index is 14.1. The fourth-order valence-corrected chi connectivity index (χ4v) is 3.86. The molecule has 2 aliphatic heterocycles. The Morgan fingerprint density at radius 1 is 1.17 bits per heavy atom. The van der Waals surface area contributed by atoms with E-state index < -0.39 is 12.1 Å². The Morgan fingerprint density at radius 2 is 1.90 bits per heavy atom. The van der Waals surface area contributed by atoms with Crippen LogP contribution in [0.1, 0.15) is 42.7 Å². The Morgan fingerprint density at radius 3 is 2.60 bits per heavy atom. The van der Waals surface area contributed by atoms with E-state index in [9.17, 15) is 14.0 Å². The lowest BCUT2D eigenvalue weighted by Gasteiger charge is -2.30. The van der Waals surface area contributed by atoms with Crippen LogP contribution in [-0.4, -0.2) is 29.9 Å². The summed E-state index contributed by atoms with van der Waals surface area (Å²) < 4.78 is 31.3. The number of amides is 1. The highest BCUT2D eigenvalue weighted by Gasteiger charge is 2.29. The predicted molar refractivity (Wildman–Crippen MR) is 106 cm³/mol. The third-order valence-corrected chi connectivity index (χ3v) is 5.54. The molecule has 158 valence electrons. The highest BCUT2D eigenvalue weighted by atomic mass is 19.1. The normalized spacial score (nSPS) is 19.0. The molecule has 0 saturated carbocycles. The first-order chi connectivity index (χ1) is 14.5. The number of halogens is 1. The van der Waals surface area contributed by atoms with E-state index in [1.165, 1.54) is 19.1 Å². The highest BCUT2D eigenvalue weighted by Crippen LogP contribution is 2.37. The Hall–Kier alpha value is -2.93. The second kappa shape index (κ2) is 8.83. The summed E-state index contributed by atoms with van der Waals surface area (Å²) >= 11 is 0. The molecule has 0 spiro atoms. The standard InChI is InChI=1S/C23H24FNO5/c1-15(26)25-9-7-16(8-10-25)22(27)28-13-18-11-20(24)12-19-14-29-23(30-21(18)19)17-5-3-2-4-6-17/h2-6,11-12,16,23H,7-10,13-14H2,1H3/t23-/m0/s1. The van der Waals surface area contributed by atoms with Crippen LogP contribution >= 0.6 is 0 Å². The van der Waals surface area contributed by atoms with Gasteiger partial charge in [-0.05, 0) is 25.0 Å². The Labute approximate surface area is 174 Å². The summed E-state index contributed by atoms with van der Waals surface area (Å²) in [5.74, 6) is -0.509. The number of carbonyl (C=O) groups excluding carboxylic acids is 2. The smallest absolute Gasteiger partial charge is 0.309 e. The van der Waals surface area contributed by atoms with E-state index in [-0.39, 0.29) is 31.0 Å². The minimum absolute atomic E-state index is 0.0144. The fourth-order valence-electron chi connectivity index (χ4n) is 3.86. The van der Waals surface area contributed by atoms with Gasteiger partial charge in [0.25, 0.3) is 0 Å². The van der Waals surface area contributed by atoms with Gasteiger partial charge in [-0.1, -0.05) is 30.3 Å². The number of esters is 1. The molecule has 0 bridgehead atoms. The lowest BCUT2D eigenvalue weighted by atomic mass is 9.97. The summed E-state index contributed by atoms with van der Waals surface area (Å²) in [6, 6.07) is 12.2. The van der Waals surface area contributed by atoms with E-state index in [0.717, 1.165) is 5.56 Å². The largest absolute Gasteiger partial charge is 0.460 e. The van der Waals surface area contributed by atoms with Gasteiger partial charge in [-0.3, -0.25) is 9.59 Å². The molecule has 2 aliphatic rings. The predicted octanol–water partition coefficient (Wildman–Crippen LogP) is 3.74. The van der Waals surface area contributed by atoms with Gasteiger partial charge in [-0.2, -0.15) is 0 Å². The molecule has 1 atom stereocenters. The number of carbonyl (C=O) groups is 2. The number of benzene rings is 2. The lowest BCUT2D eigenvalue weighted by molar-refractivity contribution is -0.153. The molecule has 0 unspecified atom stereocenters. The molecule has 0 radical (unpaired) electrons. The maximum absolute atomic E-state index is 14.1. The van der Waals surface area contributed by atoms with Gasteiger partial charge in [-0.25, -0.2) is 4.39 Å². The Kier molecular flexibility index (Phi) is 5.99. The SMILES string of the molecule is CC(=O)N1CCC(C(=O)OCc2cc(F)cc3c2O[C@@H](c2ccccc2)OC3)CC1. The minimum atomic E-state index is -0.602. The average Bonchev–Trinajstić information content (AvgIpc) is 2.77. The van der Waals surface area contributed by atoms with Gasteiger partial charge in [0.1, 0.15) is 18.2 Å². The van der Waals surface area contributed by atoms with Crippen molar-refractivity contribution in [2.24, 2.45) is 5.92 Å². The molecule has 1 fully saturated rings. The highest BCUT2D eigenvalue weighted by molar-refractivity contribution is 5.75. The van der Waals surface area contributed by atoms with Crippen molar-refractivity contribution in [3.8, 4) is 5.75 Å². The zero-order chi connectivity index (χ0) is 21.1. The van der Waals surface area contributed by atoms with E-state index in [0.29, 0.717) is 42.8 Å². The van der Waals surface area contributed by atoms with E-state index in [1.807, 2.05) is 30.3 Å². The second-order valence-corrected chi connectivity index (χ2v) is 7.61. The van der Waals surface area contributed by atoms with Crippen LogP contribution in [0.2, 0.25) is 0 Å². The number of rotatable bonds is 4. The van der Waals surface area contributed by atoms with Crippen molar-refractivity contribution in [1.82, 2.24) is 4.90 Å². The van der Waals surface area contributed by atoms with Crippen molar-refractivity contribution in [3.63, 3.8) is 0 Å². The van der Waals surface area contributed by atoms with E-state index in [2.05, 4.69) is 0 Å². The number of hydrogen-bond acceptors (Lipinski definition) is 5. The van der Waals surface area contributed by atoms with Gasteiger partial charge in [0.2, 0.25) is 12.2 Å². The topological polar surface area (TPSA) is 65.1 Å². The van der Waals surface area contributed by atoms with E-state index in [4.69, 9.17) is 14.2 Å². The summed E-state index contributed by atoms with van der Waals surface area (Å²) in [4.78, 5) is 25.7. The molecule has 7 heteroatoms. The average molecular weight is 413 g/mol. The van der Waals surface area contributed by atoms with Crippen LogP contribution in [0.5, 0.6) is 5.75 Å². The van der Waals surface area contributed by atoms with Gasteiger partial charge >= 0.3 is 5.97 Å². The van der Waals surface area contributed by atoms with Crippen LogP contribution < -0.4 is 4.74 Å². The van der Waals surface area contributed by atoms with Crippen molar-refractivity contribution in [3.05, 3.63) is 65.0 Å². The summed E-state index contributed by atoms with van der Waals surface area (Å²) in [6.45, 7) is 2.75. The Balaban J connectivity index is 1.43. The van der Waals surface area contributed by atoms with Crippen LogP contribution in [0.4, 0.5) is 4.39 Å². The lowest BCUT2D eigenvalue weighted by Crippen LogP contribution is -2.39. The number of piperidine rings is 1. The third-order valence-electron chi connectivity index (χ3n) is 5.54. The summed E-state index contributed by atoms with van der Waals surface area (Å²) in [5, 5.41) is 0. The van der Waals surface area contributed by atoms with E-state index in [1.54, 1.807) is 4.90 Å². The first-order valence-electron chi connectivity index (χ1n) is 10.1. The molecule has 4 rings (SSSR count). The minimum Gasteiger partial charge on any atom is -0.460 e. The molecule has 0 aromatic heterocycles. The molecule has 30 heavy (non-hydrogen) atoms. The summed E-state index contributed by atoms with van der Waals surface area (Å²) in [7, 11) is 0. The number of likely N-dealkylation sites (tertiary alicyclic amines) is 1. The zero-order valence-corrected chi connectivity index (χ0v) is 16.8. The summed E-state index contributed by atoms with van der Waals surface area (Å²) in [5.41, 5.74) is 1.92. The van der Waals surface area contributed by atoms with Crippen LogP contribution in [0.3, 0.4) is 0 Å². The monoisotopic (exact) mass is 413 g/mol.